The van der Waals surface area contributed by atoms with E-state index in [1.165, 1.54) is 6.20 Å². The topological polar surface area (TPSA) is 97.1 Å². The SMILES string of the molecule is Cc1ncc(N)cc1C(=O)NC(C)C(=O)NCC(C)C. The van der Waals surface area contributed by atoms with Crippen molar-refractivity contribution in [2.45, 2.75) is 33.7 Å². The number of carbonyl (C=O) groups excluding carboxylic acids is 2. The summed E-state index contributed by atoms with van der Waals surface area (Å²) >= 11 is 0. The van der Waals surface area contributed by atoms with Crippen molar-refractivity contribution in [3.8, 4) is 0 Å². The number of aryl methyl sites for hydroxylation is 1. The van der Waals surface area contributed by atoms with Gasteiger partial charge in [0.15, 0.2) is 0 Å². The van der Waals surface area contributed by atoms with E-state index in [0.717, 1.165) is 0 Å². The van der Waals surface area contributed by atoms with E-state index in [2.05, 4.69) is 15.6 Å². The number of carbonyl (C=O) groups is 2. The molecule has 1 unspecified atom stereocenters. The fourth-order valence-electron chi connectivity index (χ4n) is 1.58. The smallest absolute Gasteiger partial charge is 0.253 e. The summed E-state index contributed by atoms with van der Waals surface area (Å²) in [5.41, 5.74) is 6.99. The number of hydrogen-bond acceptors (Lipinski definition) is 4. The number of nitrogens with one attached hydrogen (secondary N) is 2. The van der Waals surface area contributed by atoms with Gasteiger partial charge in [0.25, 0.3) is 5.91 Å². The molecule has 0 saturated carbocycles. The third kappa shape index (κ3) is 4.53. The van der Waals surface area contributed by atoms with E-state index in [-0.39, 0.29) is 11.8 Å². The largest absolute Gasteiger partial charge is 0.397 e. The molecule has 20 heavy (non-hydrogen) atoms. The maximum atomic E-state index is 12.1. The van der Waals surface area contributed by atoms with E-state index < -0.39 is 6.04 Å². The van der Waals surface area contributed by atoms with E-state index in [0.29, 0.717) is 29.4 Å². The molecule has 0 radical (unpaired) electrons. The van der Waals surface area contributed by atoms with Crippen molar-refractivity contribution in [1.82, 2.24) is 15.6 Å². The third-order valence-electron chi connectivity index (χ3n) is 2.78. The molecule has 0 fully saturated rings. The van der Waals surface area contributed by atoms with Gasteiger partial charge in [-0.1, -0.05) is 13.8 Å². The molecule has 1 atom stereocenters. The van der Waals surface area contributed by atoms with E-state index in [9.17, 15) is 9.59 Å². The van der Waals surface area contributed by atoms with Gasteiger partial charge >= 0.3 is 0 Å². The molecule has 6 heteroatoms. The summed E-state index contributed by atoms with van der Waals surface area (Å²) in [6.45, 7) is 7.95. The van der Waals surface area contributed by atoms with Gasteiger partial charge in [-0.3, -0.25) is 14.6 Å². The van der Waals surface area contributed by atoms with Crippen LogP contribution in [0.3, 0.4) is 0 Å². The normalized spacial score (nSPS) is 12.1. The summed E-state index contributed by atoms with van der Waals surface area (Å²) in [6.07, 6.45) is 1.49. The molecule has 0 aromatic carbocycles. The molecule has 0 aliphatic rings. The molecule has 0 spiro atoms. The van der Waals surface area contributed by atoms with Crippen molar-refractivity contribution in [2.24, 2.45) is 5.92 Å². The Morgan fingerprint density at radius 3 is 2.60 bits per heavy atom. The standard InChI is InChI=1S/C14H22N4O2/c1-8(2)6-17-13(19)10(4)18-14(20)12-5-11(15)7-16-9(12)3/h5,7-8,10H,6,15H2,1-4H3,(H,17,19)(H,18,20). The summed E-state index contributed by atoms with van der Waals surface area (Å²) in [5, 5.41) is 5.41. The van der Waals surface area contributed by atoms with Gasteiger partial charge in [-0.2, -0.15) is 0 Å². The van der Waals surface area contributed by atoms with E-state index >= 15 is 0 Å². The lowest BCUT2D eigenvalue weighted by Crippen LogP contribution is -2.45. The van der Waals surface area contributed by atoms with Gasteiger partial charge in [0.05, 0.1) is 23.1 Å². The van der Waals surface area contributed by atoms with Crippen molar-refractivity contribution < 1.29 is 9.59 Å². The van der Waals surface area contributed by atoms with Crippen molar-refractivity contribution in [1.29, 1.82) is 0 Å². The predicted molar refractivity (Wildman–Crippen MR) is 78.2 cm³/mol. The molecule has 1 rings (SSSR count). The van der Waals surface area contributed by atoms with Crippen LogP contribution in [0.2, 0.25) is 0 Å². The molecular weight excluding hydrogens is 256 g/mol. The second kappa shape index (κ2) is 6.88. The average Bonchev–Trinajstić information content (AvgIpc) is 2.38. The van der Waals surface area contributed by atoms with Crippen LogP contribution in [0, 0.1) is 12.8 Å². The Morgan fingerprint density at radius 1 is 1.35 bits per heavy atom. The fraction of sp³-hybridized carbons (Fsp3) is 0.500. The van der Waals surface area contributed by atoms with Crippen LogP contribution >= 0.6 is 0 Å². The van der Waals surface area contributed by atoms with Gasteiger partial charge < -0.3 is 16.4 Å². The summed E-state index contributed by atoms with van der Waals surface area (Å²) in [5.74, 6) is -0.196. The first-order valence-corrected chi connectivity index (χ1v) is 6.62. The first-order valence-electron chi connectivity index (χ1n) is 6.62. The Balaban J connectivity index is 2.65. The van der Waals surface area contributed by atoms with Gasteiger partial charge in [0.2, 0.25) is 5.91 Å². The Morgan fingerprint density at radius 2 is 2.00 bits per heavy atom. The lowest BCUT2D eigenvalue weighted by molar-refractivity contribution is -0.122. The summed E-state index contributed by atoms with van der Waals surface area (Å²) in [4.78, 5) is 27.9. The minimum absolute atomic E-state index is 0.207. The summed E-state index contributed by atoms with van der Waals surface area (Å²) in [6, 6.07) is 0.943. The average molecular weight is 278 g/mol. The highest BCUT2D eigenvalue weighted by Crippen LogP contribution is 2.09. The molecule has 1 aromatic rings. The van der Waals surface area contributed by atoms with Crippen molar-refractivity contribution in [3.63, 3.8) is 0 Å². The number of aromatic nitrogens is 1. The lowest BCUT2D eigenvalue weighted by atomic mass is 10.1. The first kappa shape index (κ1) is 15.9. The van der Waals surface area contributed by atoms with Crippen LogP contribution in [0.25, 0.3) is 0 Å². The lowest BCUT2D eigenvalue weighted by Gasteiger charge is -2.16. The molecule has 0 bridgehead atoms. The number of pyridine rings is 1. The monoisotopic (exact) mass is 278 g/mol. The van der Waals surface area contributed by atoms with Crippen LogP contribution in [0.1, 0.15) is 36.8 Å². The summed E-state index contributed by atoms with van der Waals surface area (Å²) < 4.78 is 0. The predicted octanol–water partition coefficient (Wildman–Crippen LogP) is 0.863. The number of amides is 2. The molecule has 2 amide bonds. The molecule has 4 N–H and O–H groups in total. The van der Waals surface area contributed by atoms with E-state index in [4.69, 9.17) is 5.73 Å². The molecule has 0 aliphatic carbocycles. The van der Waals surface area contributed by atoms with Crippen LogP contribution in [-0.4, -0.2) is 29.4 Å². The minimum atomic E-state index is -0.609. The zero-order valence-electron chi connectivity index (χ0n) is 12.4. The zero-order valence-corrected chi connectivity index (χ0v) is 12.4. The van der Waals surface area contributed by atoms with Crippen molar-refractivity contribution >= 4 is 17.5 Å². The van der Waals surface area contributed by atoms with Crippen molar-refractivity contribution in [2.75, 3.05) is 12.3 Å². The minimum Gasteiger partial charge on any atom is -0.397 e. The number of nitrogen functional groups attached to an aromatic ring is 1. The third-order valence-corrected chi connectivity index (χ3v) is 2.78. The van der Waals surface area contributed by atoms with Gasteiger partial charge in [-0.15, -0.1) is 0 Å². The van der Waals surface area contributed by atoms with Gasteiger partial charge in [-0.05, 0) is 25.8 Å². The number of hydrogen-bond donors (Lipinski definition) is 3. The quantitative estimate of drug-likeness (QED) is 0.744. The van der Waals surface area contributed by atoms with Crippen LogP contribution in [0.15, 0.2) is 12.3 Å². The van der Waals surface area contributed by atoms with Crippen LogP contribution in [-0.2, 0) is 4.79 Å². The number of nitrogens with two attached hydrogens (primary N) is 1. The molecule has 6 nitrogen and oxygen atoms in total. The van der Waals surface area contributed by atoms with Gasteiger partial charge in [0.1, 0.15) is 6.04 Å². The molecule has 0 saturated heterocycles. The van der Waals surface area contributed by atoms with E-state index in [1.807, 2.05) is 13.8 Å². The van der Waals surface area contributed by atoms with Crippen LogP contribution < -0.4 is 16.4 Å². The van der Waals surface area contributed by atoms with Crippen LogP contribution in [0.4, 0.5) is 5.69 Å². The molecule has 110 valence electrons. The highest BCUT2D eigenvalue weighted by Gasteiger charge is 2.18. The molecule has 1 heterocycles. The summed E-state index contributed by atoms with van der Waals surface area (Å²) in [7, 11) is 0. The Kier molecular flexibility index (Phi) is 5.49. The van der Waals surface area contributed by atoms with E-state index in [1.54, 1.807) is 19.9 Å². The fourth-order valence-corrected chi connectivity index (χ4v) is 1.58. The number of nitrogens with zero attached hydrogens (tertiary/aromatic N) is 1. The highest BCUT2D eigenvalue weighted by atomic mass is 16.2. The van der Waals surface area contributed by atoms with Gasteiger partial charge in [-0.25, -0.2) is 0 Å². The van der Waals surface area contributed by atoms with Crippen LogP contribution in [0.5, 0.6) is 0 Å². The molecule has 0 aliphatic heterocycles. The maximum absolute atomic E-state index is 12.1. The molecule has 1 aromatic heterocycles. The highest BCUT2D eigenvalue weighted by molar-refractivity contribution is 5.98. The van der Waals surface area contributed by atoms with Gasteiger partial charge in [0, 0.05) is 6.54 Å². The first-order chi connectivity index (χ1) is 9.31. The Bertz CT molecular complexity index is 500. The Labute approximate surface area is 119 Å². The maximum Gasteiger partial charge on any atom is 0.253 e. The second-order valence-corrected chi connectivity index (χ2v) is 5.24. The molecular formula is C14H22N4O2. The zero-order chi connectivity index (χ0) is 15.3. The van der Waals surface area contributed by atoms with Crippen molar-refractivity contribution in [3.05, 3.63) is 23.5 Å². The Hall–Kier alpha value is -2.11. The number of anilines is 1. The number of rotatable bonds is 5. The second-order valence-electron chi connectivity index (χ2n) is 5.24.